The highest BCUT2D eigenvalue weighted by atomic mass is 35.5. The summed E-state index contributed by atoms with van der Waals surface area (Å²) in [5.74, 6) is 0.996. The van der Waals surface area contributed by atoms with Gasteiger partial charge in [0.05, 0.1) is 12.2 Å². The summed E-state index contributed by atoms with van der Waals surface area (Å²) in [5, 5.41) is 3.71. The summed E-state index contributed by atoms with van der Waals surface area (Å²) in [6.45, 7) is 2.90. The molecule has 0 bridgehead atoms. The second kappa shape index (κ2) is 4.63. The SMILES string of the molecule is CCCc1c(Cl)nc(CNC)n1C. The monoisotopic (exact) mass is 201 g/mol. The maximum absolute atomic E-state index is 6.01. The van der Waals surface area contributed by atoms with Crippen LogP contribution in [0, 0.1) is 0 Å². The van der Waals surface area contributed by atoms with Gasteiger partial charge in [0.1, 0.15) is 5.82 Å². The third-order valence-corrected chi connectivity index (χ3v) is 2.38. The Labute approximate surface area is 84.1 Å². The highest BCUT2D eigenvalue weighted by Crippen LogP contribution is 2.17. The highest BCUT2D eigenvalue weighted by molar-refractivity contribution is 6.30. The normalized spacial score (nSPS) is 10.8. The van der Waals surface area contributed by atoms with Gasteiger partial charge in [-0.3, -0.25) is 0 Å². The minimum atomic E-state index is 0.648. The van der Waals surface area contributed by atoms with E-state index in [4.69, 9.17) is 11.6 Å². The fraction of sp³-hybridized carbons (Fsp3) is 0.667. The Bertz CT molecular complexity index is 281. The average Bonchev–Trinajstić information content (AvgIpc) is 2.34. The molecule has 74 valence electrons. The van der Waals surface area contributed by atoms with Crippen LogP contribution in [-0.2, 0) is 20.0 Å². The summed E-state index contributed by atoms with van der Waals surface area (Å²) in [6.07, 6.45) is 2.09. The average molecular weight is 202 g/mol. The molecule has 0 unspecified atom stereocenters. The molecule has 1 aromatic rings. The van der Waals surface area contributed by atoms with E-state index in [0.717, 1.165) is 30.9 Å². The van der Waals surface area contributed by atoms with Crippen LogP contribution in [0.5, 0.6) is 0 Å². The lowest BCUT2D eigenvalue weighted by Gasteiger charge is -2.03. The van der Waals surface area contributed by atoms with E-state index in [1.165, 1.54) is 0 Å². The number of imidazole rings is 1. The van der Waals surface area contributed by atoms with Crippen LogP contribution in [0.1, 0.15) is 24.9 Å². The first-order valence-corrected chi connectivity index (χ1v) is 4.93. The van der Waals surface area contributed by atoms with Gasteiger partial charge >= 0.3 is 0 Å². The van der Waals surface area contributed by atoms with Gasteiger partial charge in [0.15, 0.2) is 5.15 Å². The molecule has 4 heteroatoms. The van der Waals surface area contributed by atoms with Crippen molar-refractivity contribution in [3.63, 3.8) is 0 Å². The molecule has 0 aliphatic carbocycles. The number of rotatable bonds is 4. The summed E-state index contributed by atoms with van der Waals surface area (Å²) in [6, 6.07) is 0. The second-order valence-electron chi connectivity index (χ2n) is 3.10. The molecule has 0 saturated heterocycles. The zero-order valence-electron chi connectivity index (χ0n) is 8.39. The van der Waals surface area contributed by atoms with Gasteiger partial charge in [0.25, 0.3) is 0 Å². The molecule has 0 saturated carbocycles. The van der Waals surface area contributed by atoms with E-state index in [2.05, 4.69) is 21.8 Å². The Kier molecular flexibility index (Phi) is 3.75. The molecular formula is C9H16ClN3. The van der Waals surface area contributed by atoms with Crippen molar-refractivity contribution < 1.29 is 0 Å². The predicted octanol–water partition coefficient (Wildman–Crippen LogP) is 1.75. The maximum atomic E-state index is 6.01. The summed E-state index contributed by atoms with van der Waals surface area (Å²) in [7, 11) is 3.92. The largest absolute Gasteiger partial charge is 0.333 e. The zero-order chi connectivity index (χ0) is 9.84. The van der Waals surface area contributed by atoms with Crippen LogP contribution in [0.15, 0.2) is 0 Å². The minimum Gasteiger partial charge on any atom is -0.333 e. The van der Waals surface area contributed by atoms with Crippen LogP contribution in [-0.4, -0.2) is 16.6 Å². The van der Waals surface area contributed by atoms with Gasteiger partial charge < -0.3 is 9.88 Å². The van der Waals surface area contributed by atoms with Crippen molar-refractivity contribution in [2.24, 2.45) is 7.05 Å². The smallest absolute Gasteiger partial charge is 0.150 e. The summed E-state index contributed by atoms with van der Waals surface area (Å²) in [4.78, 5) is 4.28. The van der Waals surface area contributed by atoms with Crippen LogP contribution < -0.4 is 5.32 Å². The van der Waals surface area contributed by atoms with Gasteiger partial charge in [-0.25, -0.2) is 4.98 Å². The van der Waals surface area contributed by atoms with E-state index in [1.54, 1.807) is 0 Å². The molecule has 0 radical (unpaired) electrons. The van der Waals surface area contributed by atoms with Gasteiger partial charge in [-0.1, -0.05) is 24.9 Å². The van der Waals surface area contributed by atoms with Crippen LogP contribution in [0.3, 0.4) is 0 Å². The lowest BCUT2D eigenvalue weighted by Crippen LogP contribution is -2.11. The topological polar surface area (TPSA) is 29.9 Å². The minimum absolute atomic E-state index is 0.648. The number of hydrogen-bond acceptors (Lipinski definition) is 2. The number of nitrogens with one attached hydrogen (secondary N) is 1. The van der Waals surface area contributed by atoms with Gasteiger partial charge in [0.2, 0.25) is 0 Å². The van der Waals surface area contributed by atoms with Gasteiger partial charge in [-0.05, 0) is 13.5 Å². The number of halogens is 1. The van der Waals surface area contributed by atoms with Crippen LogP contribution >= 0.6 is 11.6 Å². The molecule has 0 aliphatic heterocycles. The highest BCUT2D eigenvalue weighted by Gasteiger charge is 2.10. The molecular weight excluding hydrogens is 186 g/mol. The lowest BCUT2D eigenvalue weighted by molar-refractivity contribution is 0.684. The van der Waals surface area contributed by atoms with E-state index in [1.807, 2.05) is 14.1 Å². The predicted molar refractivity (Wildman–Crippen MR) is 55.0 cm³/mol. The van der Waals surface area contributed by atoms with Crippen LogP contribution in [0.4, 0.5) is 0 Å². The van der Waals surface area contributed by atoms with Crippen molar-refractivity contribution in [2.45, 2.75) is 26.3 Å². The molecule has 1 N–H and O–H groups in total. The van der Waals surface area contributed by atoms with E-state index < -0.39 is 0 Å². The number of nitrogens with zero attached hydrogens (tertiary/aromatic N) is 2. The number of hydrogen-bond donors (Lipinski definition) is 1. The molecule has 1 rings (SSSR count). The molecule has 1 aromatic heterocycles. The van der Waals surface area contributed by atoms with Crippen LogP contribution in [0.25, 0.3) is 0 Å². The lowest BCUT2D eigenvalue weighted by atomic mass is 10.3. The van der Waals surface area contributed by atoms with Crippen molar-refractivity contribution in [1.29, 1.82) is 0 Å². The molecule has 0 fully saturated rings. The first-order chi connectivity index (χ1) is 6.20. The third kappa shape index (κ3) is 2.23. The molecule has 3 nitrogen and oxygen atoms in total. The maximum Gasteiger partial charge on any atom is 0.150 e. The fourth-order valence-corrected chi connectivity index (χ4v) is 1.69. The third-order valence-electron chi connectivity index (χ3n) is 2.08. The summed E-state index contributed by atoms with van der Waals surface area (Å²) < 4.78 is 2.07. The Morgan fingerprint density at radius 3 is 2.77 bits per heavy atom. The van der Waals surface area contributed by atoms with Crippen molar-refractivity contribution in [2.75, 3.05) is 7.05 Å². The Morgan fingerprint density at radius 2 is 2.23 bits per heavy atom. The second-order valence-corrected chi connectivity index (χ2v) is 3.46. The molecule has 0 atom stereocenters. The Hall–Kier alpha value is -0.540. The first kappa shape index (κ1) is 10.5. The number of aromatic nitrogens is 2. The van der Waals surface area contributed by atoms with Crippen molar-refractivity contribution in [3.8, 4) is 0 Å². The van der Waals surface area contributed by atoms with E-state index in [9.17, 15) is 0 Å². The quantitative estimate of drug-likeness (QED) is 0.805. The van der Waals surface area contributed by atoms with Gasteiger partial charge in [0, 0.05) is 7.05 Å². The van der Waals surface area contributed by atoms with Crippen molar-refractivity contribution >= 4 is 11.6 Å². The fourth-order valence-electron chi connectivity index (χ4n) is 1.37. The van der Waals surface area contributed by atoms with Gasteiger partial charge in [-0.2, -0.15) is 0 Å². The van der Waals surface area contributed by atoms with Crippen molar-refractivity contribution in [1.82, 2.24) is 14.9 Å². The Balaban J connectivity index is 2.92. The molecule has 13 heavy (non-hydrogen) atoms. The first-order valence-electron chi connectivity index (χ1n) is 4.55. The standard InChI is InChI=1S/C9H16ClN3/c1-4-5-7-9(10)12-8(6-11-2)13(7)3/h11H,4-6H2,1-3H3. The Morgan fingerprint density at radius 1 is 1.54 bits per heavy atom. The molecule has 1 heterocycles. The molecule has 0 aliphatic rings. The zero-order valence-corrected chi connectivity index (χ0v) is 9.15. The molecule has 0 aromatic carbocycles. The summed E-state index contributed by atoms with van der Waals surface area (Å²) >= 11 is 6.01. The van der Waals surface area contributed by atoms with E-state index >= 15 is 0 Å². The van der Waals surface area contributed by atoms with Gasteiger partial charge in [-0.15, -0.1) is 0 Å². The molecule has 0 spiro atoms. The van der Waals surface area contributed by atoms with E-state index in [0.29, 0.717) is 5.15 Å². The molecule has 0 amide bonds. The van der Waals surface area contributed by atoms with E-state index in [-0.39, 0.29) is 0 Å². The van der Waals surface area contributed by atoms with Crippen molar-refractivity contribution in [3.05, 3.63) is 16.7 Å². The summed E-state index contributed by atoms with van der Waals surface area (Å²) in [5.41, 5.74) is 1.13. The van der Waals surface area contributed by atoms with Crippen LogP contribution in [0.2, 0.25) is 5.15 Å².